The van der Waals surface area contributed by atoms with E-state index in [1.54, 1.807) is 5.56 Å². The first kappa shape index (κ1) is 12.3. The van der Waals surface area contributed by atoms with Crippen LogP contribution in [0.5, 0.6) is 0 Å². The predicted octanol–water partition coefficient (Wildman–Crippen LogP) is 4.59. The van der Waals surface area contributed by atoms with Gasteiger partial charge in [0.15, 0.2) is 0 Å². The van der Waals surface area contributed by atoms with Gasteiger partial charge in [-0.25, -0.2) is 0 Å². The van der Waals surface area contributed by atoms with Crippen molar-refractivity contribution in [2.24, 2.45) is 5.92 Å². The largest absolute Gasteiger partial charge is 0.0628 e. The fraction of sp³-hybridized carbons (Fsp3) is 0.600. The average molecular weight is 204 g/mol. The van der Waals surface area contributed by atoms with Crippen molar-refractivity contribution in [1.29, 1.82) is 0 Å². The second-order valence-electron chi connectivity index (χ2n) is 5.09. The first-order chi connectivity index (χ1) is 7.02. The summed E-state index contributed by atoms with van der Waals surface area (Å²) in [4.78, 5) is 0. The van der Waals surface area contributed by atoms with Gasteiger partial charge in [-0.15, -0.1) is 0 Å². The summed E-state index contributed by atoms with van der Waals surface area (Å²) in [6.45, 7) is 11.3. The van der Waals surface area contributed by atoms with Gasteiger partial charge in [0.25, 0.3) is 0 Å². The van der Waals surface area contributed by atoms with Crippen molar-refractivity contribution in [3.8, 4) is 0 Å². The molecule has 1 aromatic carbocycles. The minimum atomic E-state index is 0.829. The number of hydrogen-bond donors (Lipinski definition) is 0. The van der Waals surface area contributed by atoms with Gasteiger partial charge in [0.05, 0.1) is 0 Å². The van der Waals surface area contributed by atoms with Crippen molar-refractivity contribution in [3.63, 3.8) is 0 Å². The zero-order chi connectivity index (χ0) is 11.4. The van der Waals surface area contributed by atoms with Gasteiger partial charge in [0, 0.05) is 0 Å². The summed E-state index contributed by atoms with van der Waals surface area (Å²) in [5, 5.41) is 0. The Morgan fingerprint density at radius 1 is 1.00 bits per heavy atom. The topological polar surface area (TPSA) is 0 Å². The van der Waals surface area contributed by atoms with Crippen LogP contribution in [-0.2, 0) is 6.42 Å². The second-order valence-corrected chi connectivity index (χ2v) is 5.09. The third kappa shape index (κ3) is 3.37. The third-order valence-electron chi connectivity index (χ3n) is 3.31. The van der Waals surface area contributed by atoms with Crippen LogP contribution in [0.4, 0.5) is 0 Å². The summed E-state index contributed by atoms with van der Waals surface area (Å²) in [6, 6.07) is 4.49. The maximum absolute atomic E-state index is 2.30. The van der Waals surface area contributed by atoms with E-state index in [0.717, 1.165) is 5.92 Å². The molecule has 0 unspecified atom stereocenters. The van der Waals surface area contributed by atoms with E-state index in [-0.39, 0.29) is 0 Å². The van der Waals surface area contributed by atoms with Gasteiger partial charge in [0.1, 0.15) is 0 Å². The Bertz CT molecular complexity index is 321. The van der Waals surface area contributed by atoms with Gasteiger partial charge < -0.3 is 0 Å². The second kappa shape index (κ2) is 5.34. The van der Waals surface area contributed by atoms with Crippen molar-refractivity contribution in [1.82, 2.24) is 0 Å². The summed E-state index contributed by atoms with van der Waals surface area (Å²) in [7, 11) is 0. The van der Waals surface area contributed by atoms with Crippen LogP contribution in [0.15, 0.2) is 12.1 Å². The molecule has 0 aliphatic heterocycles. The Morgan fingerprint density at radius 2 is 1.60 bits per heavy atom. The van der Waals surface area contributed by atoms with E-state index >= 15 is 0 Å². The Balaban J connectivity index is 2.71. The highest BCUT2D eigenvalue weighted by molar-refractivity contribution is 5.39. The smallest absolute Gasteiger partial charge is 0.0273 e. The van der Waals surface area contributed by atoms with E-state index in [0.29, 0.717) is 0 Å². The maximum Gasteiger partial charge on any atom is -0.0273 e. The molecule has 0 nitrogen and oxygen atoms in total. The molecular weight excluding hydrogens is 180 g/mol. The van der Waals surface area contributed by atoms with E-state index in [2.05, 4.69) is 46.8 Å². The fourth-order valence-electron chi connectivity index (χ4n) is 2.08. The normalized spacial score (nSPS) is 11.1. The summed E-state index contributed by atoms with van der Waals surface area (Å²) >= 11 is 0. The monoisotopic (exact) mass is 204 g/mol. The Hall–Kier alpha value is -0.780. The summed E-state index contributed by atoms with van der Waals surface area (Å²) in [5.74, 6) is 0.829. The van der Waals surface area contributed by atoms with Crippen LogP contribution >= 0.6 is 0 Å². The Morgan fingerprint density at radius 3 is 2.20 bits per heavy atom. The highest BCUT2D eigenvalue weighted by atomic mass is 14.1. The number of rotatable bonds is 4. The zero-order valence-corrected chi connectivity index (χ0v) is 10.9. The summed E-state index contributed by atoms with van der Waals surface area (Å²) in [6.07, 6.45) is 3.91. The standard InChI is InChI=1S/C15H24/c1-11(2)7-6-8-15-13(4)10-9-12(3)14(15)5/h9-11H,6-8H2,1-5H3. The SMILES string of the molecule is Cc1ccc(C)c(CCCC(C)C)c1C. The molecule has 0 aliphatic rings. The van der Waals surface area contributed by atoms with Crippen LogP contribution < -0.4 is 0 Å². The zero-order valence-electron chi connectivity index (χ0n) is 10.9. The molecule has 0 heteroatoms. The molecule has 1 rings (SSSR count). The minimum absolute atomic E-state index is 0.829. The highest BCUT2D eigenvalue weighted by Gasteiger charge is 2.05. The number of hydrogen-bond acceptors (Lipinski definition) is 0. The van der Waals surface area contributed by atoms with Crippen molar-refractivity contribution in [2.45, 2.75) is 53.9 Å². The highest BCUT2D eigenvalue weighted by Crippen LogP contribution is 2.20. The summed E-state index contributed by atoms with van der Waals surface area (Å²) < 4.78 is 0. The molecule has 1 aromatic rings. The van der Waals surface area contributed by atoms with Crippen molar-refractivity contribution in [2.75, 3.05) is 0 Å². The molecule has 0 aromatic heterocycles. The molecule has 0 saturated heterocycles. The van der Waals surface area contributed by atoms with Crippen LogP contribution in [0, 0.1) is 26.7 Å². The Labute approximate surface area is 94.7 Å². The molecule has 0 N–H and O–H groups in total. The van der Waals surface area contributed by atoms with E-state index in [1.807, 2.05) is 0 Å². The van der Waals surface area contributed by atoms with Gasteiger partial charge in [-0.05, 0) is 61.8 Å². The number of aryl methyl sites for hydroxylation is 2. The van der Waals surface area contributed by atoms with Gasteiger partial charge in [-0.2, -0.15) is 0 Å². The lowest BCUT2D eigenvalue weighted by atomic mass is 9.93. The minimum Gasteiger partial charge on any atom is -0.0628 e. The molecule has 0 heterocycles. The quantitative estimate of drug-likeness (QED) is 0.673. The lowest BCUT2D eigenvalue weighted by molar-refractivity contribution is 0.554. The van der Waals surface area contributed by atoms with Crippen LogP contribution in [-0.4, -0.2) is 0 Å². The molecule has 84 valence electrons. The van der Waals surface area contributed by atoms with Crippen molar-refractivity contribution in [3.05, 3.63) is 34.4 Å². The predicted molar refractivity (Wildman–Crippen MR) is 68.4 cm³/mol. The van der Waals surface area contributed by atoms with Gasteiger partial charge >= 0.3 is 0 Å². The lowest BCUT2D eigenvalue weighted by Crippen LogP contribution is -1.98. The molecule has 0 aliphatic carbocycles. The third-order valence-corrected chi connectivity index (χ3v) is 3.31. The fourth-order valence-corrected chi connectivity index (χ4v) is 2.08. The van der Waals surface area contributed by atoms with Crippen LogP contribution in [0.25, 0.3) is 0 Å². The first-order valence-electron chi connectivity index (χ1n) is 6.08. The van der Waals surface area contributed by atoms with Crippen molar-refractivity contribution < 1.29 is 0 Å². The maximum atomic E-state index is 2.30. The van der Waals surface area contributed by atoms with Crippen LogP contribution in [0.2, 0.25) is 0 Å². The van der Waals surface area contributed by atoms with Crippen molar-refractivity contribution >= 4 is 0 Å². The Kier molecular flexibility index (Phi) is 4.38. The average Bonchev–Trinajstić information content (AvgIpc) is 2.17. The molecule has 0 atom stereocenters. The molecule has 0 fully saturated rings. The first-order valence-corrected chi connectivity index (χ1v) is 6.08. The molecule has 15 heavy (non-hydrogen) atoms. The molecule has 0 amide bonds. The van der Waals surface area contributed by atoms with Crippen LogP contribution in [0.3, 0.4) is 0 Å². The van der Waals surface area contributed by atoms with E-state index < -0.39 is 0 Å². The molecule has 0 radical (unpaired) electrons. The van der Waals surface area contributed by atoms with E-state index in [1.165, 1.54) is 36.0 Å². The molecular formula is C15H24. The van der Waals surface area contributed by atoms with E-state index in [9.17, 15) is 0 Å². The summed E-state index contributed by atoms with van der Waals surface area (Å²) in [5.41, 5.74) is 5.97. The van der Waals surface area contributed by atoms with Gasteiger partial charge in [-0.3, -0.25) is 0 Å². The molecule has 0 saturated carbocycles. The van der Waals surface area contributed by atoms with E-state index in [4.69, 9.17) is 0 Å². The number of benzene rings is 1. The van der Waals surface area contributed by atoms with Crippen LogP contribution in [0.1, 0.15) is 48.9 Å². The lowest BCUT2D eigenvalue weighted by Gasteiger charge is -2.13. The molecule has 0 spiro atoms. The molecule has 0 bridgehead atoms. The van der Waals surface area contributed by atoms with Gasteiger partial charge in [-0.1, -0.05) is 32.4 Å². The van der Waals surface area contributed by atoms with Gasteiger partial charge in [0.2, 0.25) is 0 Å².